The second kappa shape index (κ2) is 8.72. The van der Waals surface area contributed by atoms with E-state index in [0.717, 1.165) is 43.6 Å². The summed E-state index contributed by atoms with van der Waals surface area (Å²) in [5.41, 5.74) is 1.40. The minimum atomic E-state index is 0.512. The molecule has 24 heavy (non-hydrogen) atoms. The van der Waals surface area contributed by atoms with Crippen molar-refractivity contribution in [2.45, 2.75) is 45.1 Å². The summed E-state index contributed by atoms with van der Waals surface area (Å²) >= 11 is 0. The maximum absolute atomic E-state index is 5.84. The molecule has 0 amide bonds. The van der Waals surface area contributed by atoms with Crippen LogP contribution in [0.4, 0.5) is 0 Å². The number of ether oxygens (including phenoxy) is 2. The molecule has 1 aliphatic heterocycles. The van der Waals surface area contributed by atoms with E-state index in [4.69, 9.17) is 9.47 Å². The molecular formula is C20H32N2O2. The van der Waals surface area contributed by atoms with Crippen molar-refractivity contribution in [2.75, 3.05) is 39.9 Å². The molecule has 134 valence electrons. The Morgan fingerprint density at radius 2 is 1.88 bits per heavy atom. The number of hydrogen-bond donors (Lipinski definition) is 1. The van der Waals surface area contributed by atoms with Gasteiger partial charge in [-0.3, -0.25) is 4.90 Å². The van der Waals surface area contributed by atoms with Crippen molar-refractivity contribution in [2.24, 2.45) is 5.92 Å². The first-order valence-corrected chi connectivity index (χ1v) is 9.59. The van der Waals surface area contributed by atoms with Gasteiger partial charge in [0.05, 0.1) is 13.7 Å². The van der Waals surface area contributed by atoms with E-state index in [0.29, 0.717) is 12.6 Å². The zero-order chi connectivity index (χ0) is 16.8. The molecule has 3 rings (SSSR count). The van der Waals surface area contributed by atoms with Crippen molar-refractivity contribution >= 4 is 0 Å². The Kier molecular flexibility index (Phi) is 6.38. The van der Waals surface area contributed by atoms with E-state index in [-0.39, 0.29) is 0 Å². The summed E-state index contributed by atoms with van der Waals surface area (Å²) in [7, 11) is 1.71. The van der Waals surface area contributed by atoms with E-state index in [1.807, 2.05) is 6.92 Å². The van der Waals surface area contributed by atoms with Crippen LogP contribution >= 0.6 is 0 Å². The fourth-order valence-corrected chi connectivity index (χ4v) is 4.34. The summed E-state index contributed by atoms with van der Waals surface area (Å²) in [6, 6.07) is 7.07. The van der Waals surface area contributed by atoms with E-state index in [9.17, 15) is 0 Å². The lowest BCUT2D eigenvalue weighted by Crippen LogP contribution is -2.47. The number of hydrogen-bond acceptors (Lipinski definition) is 4. The molecule has 0 bridgehead atoms. The molecule has 1 heterocycles. The van der Waals surface area contributed by atoms with Crippen LogP contribution in [0.1, 0.15) is 50.6 Å². The first-order chi connectivity index (χ1) is 11.8. The van der Waals surface area contributed by atoms with Crippen molar-refractivity contribution in [1.82, 2.24) is 10.2 Å². The second-order valence-electron chi connectivity index (χ2n) is 6.97. The SMILES string of the molecule is CCOc1cc([C@@H](C2CCCCC2)N2CCNCC2)ccc1OC. The lowest BCUT2D eigenvalue weighted by atomic mass is 9.80. The van der Waals surface area contributed by atoms with Crippen molar-refractivity contribution in [3.8, 4) is 11.5 Å². The van der Waals surface area contributed by atoms with E-state index in [1.54, 1.807) is 7.11 Å². The van der Waals surface area contributed by atoms with Gasteiger partial charge in [0, 0.05) is 32.2 Å². The van der Waals surface area contributed by atoms with Gasteiger partial charge in [0.25, 0.3) is 0 Å². The predicted molar refractivity (Wildman–Crippen MR) is 97.9 cm³/mol. The van der Waals surface area contributed by atoms with Crippen molar-refractivity contribution in [3.63, 3.8) is 0 Å². The molecule has 4 nitrogen and oxygen atoms in total. The zero-order valence-corrected chi connectivity index (χ0v) is 15.2. The van der Waals surface area contributed by atoms with E-state index >= 15 is 0 Å². The highest BCUT2D eigenvalue weighted by Crippen LogP contribution is 2.41. The summed E-state index contributed by atoms with van der Waals surface area (Å²) < 4.78 is 11.3. The summed E-state index contributed by atoms with van der Waals surface area (Å²) in [5, 5.41) is 3.49. The van der Waals surface area contributed by atoms with Gasteiger partial charge in [0.15, 0.2) is 11.5 Å². The van der Waals surface area contributed by atoms with Gasteiger partial charge < -0.3 is 14.8 Å². The topological polar surface area (TPSA) is 33.7 Å². The van der Waals surface area contributed by atoms with E-state index < -0.39 is 0 Å². The van der Waals surface area contributed by atoms with Crippen LogP contribution in [0.15, 0.2) is 18.2 Å². The van der Waals surface area contributed by atoms with Crippen LogP contribution in [0.25, 0.3) is 0 Å². The number of nitrogens with zero attached hydrogens (tertiary/aromatic N) is 1. The minimum Gasteiger partial charge on any atom is -0.493 e. The van der Waals surface area contributed by atoms with Crippen LogP contribution < -0.4 is 14.8 Å². The van der Waals surface area contributed by atoms with Crippen molar-refractivity contribution < 1.29 is 9.47 Å². The smallest absolute Gasteiger partial charge is 0.161 e. The highest BCUT2D eigenvalue weighted by molar-refractivity contribution is 5.44. The molecule has 2 fully saturated rings. The largest absolute Gasteiger partial charge is 0.493 e. The second-order valence-corrected chi connectivity index (χ2v) is 6.97. The van der Waals surface area contributed by atoms with Crippen LogP contribution in [0, 0.1) is 5.92 Å². The summed E-state index contributed by atoms with van der Waals surface area (Å²) in [6.45, 7) is 7.16. The van der Waals surface area contributed by atoms with Crippen LogP contribution in [-0.2, 0) is 0 Å². The third-order valence-electron chi connectivity index (χ3n) is 5.47. The zero-order valence-electron chi connectivity index (χ0n) is 15.2. The Balaban J connectivity index is 1.89. The fourth-order valence-electron chi connectivity index (χ4n) is 4.34. The number of piperazine rings is 1. The molecule has 2 aliphatic rings. The van der Waals surface area contributed by atoms with Crippen LogP contribution in [0.3, 0.4) is 0 Å². The Labute approximate surface area is 146 Å². The Hall–Kier alpha value is -1.26. The molecule has 1 atom stereocenters. The molecule has 0 unspecified atom stereocenters. The van der Waals surface area contributed by atoms with Gasteiger partial charge in [0.1, 0.15) is 0 Å². The van der Waals surface area contributed by atoms with Gasteiger partial charge in [-0.05, 0) is 43.4 Å². The molecule has 1 saturated heterocycles. The molecule has 1 aromatic rings. The van der Waals surface area contributed by atoms with Crippen LogP contribution in [0.5, 0.6) is 11.5 Å². The molecule has 1 aromatic carbocycles. The fraction of sp³-hybridized carbons (Fsp3) is 0.700. The van der Waals surface area contributed by atoms with Gasteiger partial charge in [-0.15, -0.1) is 0 Å². The quantitative estimate of drug-likeness (QED) is 0.863. The van der Waals surface area contributed by atoms with Gasteiger partial charge in [-0.25, -0.2) is 0 Å². The molecule has 4 heteroatoms. The monoisotopic (exact) mass is 332 g/mol. The molecule has 1 N–H and O–H groups in total. The number of methoxy groups -OCH3 is 1. The van der Waals surface area contributed by atoms with Gasteiger partial charge in [-0.1, -0.05) is 25.3 Å². The maximum atomic E-state index is 5.84. The lowest BCUT2D eigenvalue weighted by molar-refractivity contribution is 0.103. The van der Waals surface area contributed by atoms with Crippen LogP contribution in [-0.4, -0.2) is 44.8 Å². The average Bonchev–Trinajstić information content (AvgIpc) is 2.64. The summed E-state index contributed by atoms with van der Waals surface area (Å²) in [4.78, 5) is 2.68. The summed E-state index contributed by atoms with van der Waals surface area (Å²) in [5.74, 6) is 2.48. The minimum absolute atomic E-state index is 0.512. The Morgan fingerprint density at radius 3 is 2.54 bits per heavy atom. The van der Waals surface area contributed by atoms with Gasteiger partial charge in [-0.2, -0.15) is 0 Å². The van der Waals surface area contributed by atoms with Gasteiger partial charge >= 0.3 is 0 Å². The van der Waals surface area contributed by atoms with E-state index in [2.05, 4.69) is 28.4 Å². The Bertz CT molecular complexity index is 490. The number of nitrogens with one attached hydrogen (secondary N) is 1. The molecule has 1 saturated carbocycles. The number of benzene rings is 1. The standard InChI is InChI=1S/C20H32N2O2/c1-3-24-19-15-17(9-10-18(19)23-2)20(16-7-5-4-6-8-16)22-13-11-21-12-14-22/h9-10,15-16,20-21H,3-8,11-14H2,1-2H3/t20-/m1/s1. The van der Waals surface area contributed by atoms with Gasteiger partial charge in [0.2, 0.25) is 0 Å². The molecular weight excluding hydrogens is 300 g/mol. The third-order valence-corrected chi connectivity index (χ3v) is 5.47. The molecule has 1 aliphatic carbocycles. The third kappa shape index (κ3) is 4.04. The average molecular weight is 332 g/mol. The highest BCUT2D eigenvalue weighted by Gasteiger charge is 2.31. The van der Waals surface area contributed by atoms with Crippen molar-refractivity contribution in [3.05, 3.63) is 23.8 Å². The normalized spacial score (nSPS) is 21.4. The first kappa shape index (κ1) is 17.6. The molecule has 0 spiro atoms. The Morgan fingerprint density at radius 1 is 1.12 bits per heavy atom. The molecule has 0 radical (unpaired) electrons. The number of rotatable bonds is 6. The predicted octanol–water partition coefficient (Wildman–Crippen LogP) is 3.62. The highest BCUT2D eigenvalue weighted by atomic mass is 16.5. The van der Waals surface area contributed by atoms with Crippen molar-refractivity contribution in [1.29, 1.82) is 0 Å². The van der Waals surface area contributed by atoms with Crippen LogP contribution in [0.2, 0.25) is 0 Å². The summed E-state index contributed by atoms with van der Waals surface area (Å²) in [6.07, 6.45) is 6.86. The first-order valence-electron chi connectivity index (χ1n) is 9.59. The molecule has 0 aromatic heterocycles. The van der Waals surface area contributed by atoms with E-state index in [1.165, 1.54) is 37.7 Å². The lowest BCUT2D eigenvalue weighted by Gasteiger charge is -2.41. The maximum Gasteiger partial charge on any atom is 0.161 e.